The van der Waals surface area contributed by atoms with Crippen LogP contribution in [0, 0.1) is 5.92 Å². The molecule has 0 radical (unpaired) electrons. The monoisotopic (exact) mass is 186 g/mol. The maximum absolute atomic E-state index is 11.1. The predicted octanol–water partition coefficient (Wildman–Crippen LogP) is -0.435. The molecule has 1 rings (SSSR count). The van der Waals surface area contributed by atoms with Gasteiger partial charge in [0.15, 0.2) is 0 Å². The van der Waals surface area contributed by atoms with Crippen molar-refractivity contribution in [3.63, 3.8) is 0 Å². The maximum Gasteiger partial charge on any atom is 0.219 e. The molecule has 0 aliphatic carbocycles. The Labute approximate surface area is 78.7 Å². The number of amides is 1. The summed E-state index contributed by atoms with van der Waals surface area (Å²) in [5.41, 5.74) is 5.81. The van der Waals surface area contributed by atoms with Gasteiger partial charge in [0, 0.05) is 32.7 Å². The minimum atomic E-state index is 0.0780. The Morgan fingerprint density at radius 2 is 2.31 bits per heavy atom. The van der Waals surface area contributed by atoms with E-state index < -0.39 is 0 Å². The van der Waals surface area contributed by atoms with Crippen LogP contribution in [-0.4, -0.2) is 41.7 Å². The topological polar surface area (TPSA) is 66.6 Å². The van der Waals surface area contributed by atoms with E-state index in [2.05, 4.69) is 0 Å². The summed E-state index contributed by atoms with van der Waals surface area (Å²) in [6, 6.07) is 0.0780. The van der Waals surface area contributed by atoms with Crippen molar-refractivity contribution in [3.05, 3.63) is 0 Å². The smallest absolute Gasteiger partial charge is 0.219 e. The van der Waals surface area contributed by atoms with Gasteiger partial charge in [-0.1, -0.05) is 0 Å². The molecule has 0 spiro atoms. The third-order valence-corrected chi connectivity index (χ3v) is 2.55. The zero-order chi connectivity index (χ0) is 9.84. The maximum atomic E-state index is 11.1. The normalized spacial score (nSPS) is 29.0. The van der Waals surface area contributed by atoms with Crippen LogP contribution in [0.25, 0.3) is 0 Å². The molecule has 2 atom stereocenters. The first-order valence-corrected chi connectivity index (χ1v) is 4.75. The van der Waals surface area contributed by atoms with Gasteiger partial charge in [-0.15, -0.1) is 0 Å². The Bertz CT molecular complexity index is 184. The quantitative estimate of drug-likeness (QED) is 0.614. The second kappa shape index (κ2) is 4.58. The molecule has 3 N–H and O–H groups in total. The fourth-order valence-electron chi connectivity index (χ4n) is 1.90. The van der Waals surface area contributed by atoms with E-state index in [1.165, 1.54) is 0 Å². The van der Waals surface area contributed by atoms with Gasteiger partial charge in [0.1, 0.15) is 0 Å². The third-order valence-electron chi connectivity index (χ3n) is 2.55. The van der Waals surface area contributed by atoms with Crippen molar-refractivity contribution in [1.29, 1.82) is 0 Å². The van der Waals surface area contributed by atoms with Crippen LogP contribution >= 0.6 is 0 Å². The van der Waals surface area contributed by atoms with Gasteiger partial charge in [-0.25, -0.2) is 0 Å². The largest absolute Gasteiger partial charge is 0.396 e. The number of likely N-dealkylation sites (tertiary alicyclic amines) is 1. The summed E-state index contributed by atoms with van der Waals surface area (Å²) in [7, 11) is 0. The highest BCUT2D eigenvalue weighted by Gasteiger charge is 2.25. The minimum absolute atomic E-state index is 0.0780. The third kappa shape index (κ3) is 2.97. The molecule has 4 heteroatoms. The lowest BCUT2D eigenvalue weighted by molar-refractivity contribution is -0.131. The molecule has 1 aliphatic rings. The van der Waals surface area contributed by atoms with Gasteiger partial charge in [0.2, 0.25) is 5.91 Å². The van der Waals surface area contributed by atoms with Crippen molar-refractivity contribution in [1.82, 2.24) is 4.90 Å². The molecular weight excluding hydrogens is 168 g/mol. The van der Waals surface area contributed by atoms with Crippen molar-refractivity contribution in [2.45, 2.75) is 25.8 Å². The van der Waals surface area contributed by atoms with E-state index in [4.69, 9.17) is 10.8 Å². The van der Waals surface area contributed by atoms with Crippen LogP contribution in [0.15, 0.2) is 0 Å². The number of nitrogens with zero attached hydrogens (tertiary/aromatic N) is 1. The summed E-state index contributed by atoms with van der Waals surface area (Å²) in [4.78, 5) is 12.9. The number of aliphatic hydroxyl groups is 1. The van der Waals surface area contributed by atoms with Crippen LogP contribution in [0.5, 0.6) is 0 Å². The van der Waals surface area contributed by atoms with Gasteiger partial charge in [0.05, 0.1) is 0 Å². The fraction of sp³-hybridized carbons (Fsp3) is 0.889. The Morgan fingerprint density at radius 1 is 1.62 bits per heavy atom. The van der Waals surface area contributed by atoms with E-state index in [0.717, 1.165) is 19.4 Å². The van der Waals surface area contributed by atoms with Crippen LogP contribution < -0.4 is 5.73 Å². The number of hydrogen-bond donors (Lipinski definition) is 2. The highest BCUT2D eigenvalue weighted by Crippen LogP contribution is 2.18. The summed E-state index contributed by atoms with van der Waals surface area (Å²) < 4.78 is 0. The van der Waals surface area contributed by atoms with Gasteiger partial charge in [-0.2, -0.15) is 0 Å². The molecule has 1 amide bonds. The molecule has 1 heterocycles. The molecule has 0 saturated carbocycles. The standard InChI is InChI=1S/C9H18N2O2/c1-7(13)11-5-8(2-3-12)4-9(10)6-11/h8-9,12H,2-6,10H2,1H3. The number of hydrogen-bond acceptors (Lipinski definition) is 3. The van der Waals surface area contributed by atoms with Crippen LogP contribution in [-0.2, 0) is 4.79 Å². The molecule has 0 bridgehead atoms. The number of carbonyl (C=O) groups excluding carboxylic acids is 1. The van der Waals surface area contributed by atoms with Crippen molar-refractivity contribution >= 4 is 5.91 Å². The summed E-state index contributed by atoms with van der Waals surface area (Å²) in [6.07, 6.45) is 1.67. The van der Waals surface area contributed by atoms with Crippen LogP contribution in [0.3, 0.4) is 0 Å². The van der Waals surface area contributed by atoms with Crippen LogP contribution in [0.1, 0.15) is 19.8 Å². The Hall–Kier alpha value is -0.610. The predicted molar refractivity (Wildman–Crippen MR) is 50.0 cm³/mol. The number of piperidine rings is 1. The number of nitrogens with two attached hydrogens (primary N) is 1. The second-order valence-electron chi connectivity index (χ2n) is 3.80. The van der Waals surface area contributed by atoms with E-state index in [1.54, 1.807) is 11.8 Å². The first-order chi connectivity index (χ1) is 6.13. The molecule has 4 nitrogen and oxygen atoms in total. The zero-order valence-electron chi connectivity index (χ0n) is 8.07. The molecule has 1 fully saturated rings. The van der Waals surface area contributed by atoms with E-state index in [0.29, 0.717) is 12.5 Å². The molecule has 0 aromatic heterocycles. The summed E-state index contributed by atoms with van der Waals surface area (Å²) in [5, 5.41) is 8.79. The molecular formula is C9H18N2O2. The van der Waals surface area contributed by atoms with E-state index >= 15 is 0 Å². The van der Waals surface area contributed by atoms with E-state index in [9.17, 15) is 4.79 Å². The lowest BCUT2D eigenvalue weighted by atomic mass is 9.92. The minimum Gasteiger partial charge on any atom is -0.396 e. The van der Waals surface area contributed by atoms with Crippen molar-refractivity contribution in [3.8, 4) is 0 Å². The van der Waals surface area contributed by atoms with Gasteiger partial charge < -0.3 is 15.7 Å². The number of rotatable bonds is 2. The van der Waals surface area contributed by atoms with E-state index in [-0.39, 0.29) is 18.6 Å². The highest BCUT2D eigenvalue weighted by molar-refractivity contribution is 5.73. The Kier molecular flexibility index (Phi) is 3.69. The van der Waals surface area contributed by atoms with Gasteiger partial charge in [-0.05, 0) is 18.8 Å². The van der Waals surface area contributed by atoms with Crippen molar-refractivity contribution in [2.75, 3.05) is 19.7 Å². The lowest BCUT2D eigenvalue weighted by Gasteiger charge is -2.35. The molecule has 2 unspecified atom stereocenters. The SMILES string of the molecule is CC(=O)N1CC(N)CC(CCO)C1. The summed E-state index contributed by atoms with van der Waals surface area (Å²) >= 11 is 0. The molecule has 0 aromatic carbocycles. The molecule has 76 valence electrons. The highest BCUT2D eigenvalue weighted by atomic mass is 16.3. The fourth-order valence-corrected chi connectivity index (χ4v) is 1.90. The number of aliphatic hydroxyl groups excluding tert-OH is 1. The van der Waals surface area contributed by atoms with Crippen LogP contribution in [0.2, 0.25) is 0 Å². The molecule has 0 aromatic rings. The number of carbonyl (C=O) groups is 1. The first-order valence-electron chi connectivity index (χ1n) is 4.75. The Balaban J connectivity index is 2.47. The van der Waals surface area contributed by atoms with Gasteiger partial charge >= 0.3 is 0 Å². The molecule has 13 heavy (non-hydrogen) atoms. The average Bonchev–Trinajstić information content (AvgIpc) is 2.03. The summed E-state index contributed by atoms with van der Waals surface area (Å²) in [6.45, 7) is 3.16. The zero-order valence-corrected chi connectivity index (χ0v) is 8.07. The first kappa shape index (κ1) is 10.5. The Morgan fingerprint density at radius 3 is 2.85 bits per heavy atom. The van der Waals surface area contributed by atoms with Crippen molar-refractivity contribution < 1.29 is 9.90 Å². The van der Waals surface area contributed by atoms with Crippen molar-refractivity contribution in [2.24, 2.45) is 11.7 Å². The lowest BCUT2D eigenvalue weighted by Crippen LogP contribution is -2.48. The molecule has 1 aliphatic heterocycles. The van der Waals surface area contributed by atoms with Gasteiger partial charge in [0.25, 0.3) is 0 Å². The second-order valence-corrected chi connectivity index (χ2v) is 3.80. The average molecular weight is 186 g/mol. The van der Waals surface area contributed by atoms with Gasteiger partial charge in [-0.3, -0.25) is 4.79 Å². The van der Waals surface area contributed by atoms with E-state index in [1.807, 2.05) is 0 Å². The summed E-state index contributed by atoms with van der Waals surface area (Å²) in [5.74, 6) is 0.454. The van der Waals surface area contributed by atoms with Crippen LogP contribution in [0.4, 0.5) is 0 Å². The molecule has 1 saturated heterocycles.